The molecule has 1 aromatic heterocycles. The van der Waals surface area contributed by atoms with E-state index in [0.29, 0.717) is 18.0 Å². The molecule has 1 heterocycles. The number of nitrogens with zero attached hydrogens (tertiary/aromatic N) is 1. The van der Waals surface area contributed by atoms with Crippen molar-refractivity contribution < 1.29 is 14.6 Å². The topological polar surface area (TPSA) is 51.5 Å². The van der Waals surface area contributed by atoms with Gasteiger partial charge in [-0.15, -0.1) is 0 Å². The number of hydrogen-bond donors (Lipinski definition) is 1. The third kappa shape index (κ3) is 4.68. The molecule has 0 bridgehead atoms. The van der Waals surface area contributed by atoms with E-state index in [2.05, 4.69) is 35.6 Å². The summed E-state index contributed by atoms with van der Waals surface area (Å²) in [5.41, 5.74) is 2.98. The quantitative estimate of drug-likeness (QED) is 0.237. The smallest absolute Gasteiger partial charge is 0.153 e. The van der Waals surface area contributed by atoms with Gasteiger partial charge in [-0.2, -0.15) is 0 Å². The molecule has 2 aromatic carbocycles. The Morgan fingerprint density at radius 3 is 2.64 bits per heavy atom. The summed E-state index contributed by atoms with van der Waals surface area (Å²) in [7, 11) is -1.15. The number of carbonyl (C=O) groups is 1. The second-order valence-corrected chi connectivity index (χ2v) is 14.9. The minimum absolute atomic E-state index is 0.0344. The molecular formula is C21H23BrClNO3Si. The number of hydrogen-bond acceptors (Lipinski definition) is 3. The summed E-state index contributed by atoms with van der Waals surface area (Å²) in [6, 6.07) is 10.0. The van der Waals surface area contributed by atoms with Gasteiger partial charge in [0.2, 0.25) is 0 Å². The molecule has 0 spiro atoms. The van der Waals surface area contributed by atoms with Crippen LogP contribution in [0.3, 0.4) is 0 Å². The second-order valence-electron chi connectivity index (χ2n) is 8.04. The molecular weight excluding hydrogens is 458 g/mol. The van der Waals surface area contributed by atoms with E-state index in [0.717, 1.165) is 39.2 Å². The number of halogens is 2. The fourth-order valence-electron chi connectivity index (χ4n) is 2.97. The van der Waals surface area contributed by atoms with Crippen LogP contribution >= 0.6 is 27.5 Å². The fraction of sp³-hybridized carbons (Fsp3) is 0.286. The summed E-state index contributed by atoms with van der Waals surface area (Å²) in [5.74, 6) is -0.0344. The van der Waals surface area contributed by atoms with Crippen molar-refractivity contribution in [3.63, 3.8) is 0 Å². The molecule has 0 aliphatic carbocycles. The van der Waals surface area contributed by atoms with Gasteiger partial charge in [0.1, 0.15) is 12.5 Å². The SMILES string of the molecule is C[Si](C)(C)CCOCn1cc(-c2ccc(C=O)c(O)c2)c2cc(Br)c(Cl)cc21. The van der Waals surface area contributed by atoms with Gasteiger partial charge in [-0.1, -0.05) is 37.3 Å². The van der Waals surface area contributed by atoms with Crippen molar-refractivity contribution in [3.8, 4) is 16.9 Å². The van der Waals surface area contributed by atoms with Crippen LogP contribution < -0.4 is 0 Å². The second kappa shape index (κ2) is 8.41. The summed E-state index contributed by atoms with van der Waals surface area (Å²) < 4.78 is 8.76. The molecule has 4 nitrogen and oxygen atoms in total. The van der Waals surface area contributed by atoms with E-state index >= 15 is 0 Å². The summed E-state index contributed by atoms with van der Waals surface area (Å²) in [5, 5.41) is 11.7. The van der Waals surface area contributed by atoms with E-state index in [1.165, 1.54) is 0 Å². The first-order valence-electron chi connectivity index (χ1n) is 9.04. The molecule has 148 valence electrons. The average molecular weight is 481 g/mol. The predicted molar refractivity (Wildman–Crippen MR) is 121 cm³/mol. The molecule has 0 saturated heterocycles. The number of carbonyl (C=O) groups excluding carboxylic acids is 1. The van der Waals surface area contributed by atoms with Gasteiger partial charge < -0.3 is 14.4 Å². The van der Waals surface area contributed by atoms with Crippen LogP contribution in [-0.2, 0) is 11.5 Å². The lowest BCUT2D eigenvalue weighted by Gasteiger charge is -2.15. The summed E-state index contributed by atoms with van der Waals surface area (Å²) in [4.78, 5) is 11.0. The molecule has 0 aliphatic rings. The van der Waals surface area contributed by atoms with Crippen molar-refractivity contribution >= 4 is 52.8 Å². The number of aromatic nitrogens is 1. The highest BCUT2D eigenvalue weighted by Crippen LogP contribution is 2.37. The highest BCUT2D eigenvalue weighted by atomic mass is 79.9. The number of rotatable bonds is 7. The first-order chi connectivity index (χ1) is 13.2. The van der Waals surface area contributed by atoms with E-state index in [9.17, 15) is 9.90 Å². The van der Waals surface area contributed by atoms with Crippen LogP contribution in [0.15, 0.2) is 41.0 Å². The van der Waals surface area contributed by atoms with Crippen molar-refractivity contribution in [2.75, 3.05) is 6.61 Å². The molecule has 0 unspecified atom stereocenters. The Morgan fingerprint density at radius 2 is 2.00 bits per heavy atom. The van der Waals surface area contributed by atoms with Crippen LogP contribution in [0.25, 0.3) is 22.0 Å². The van der Waals surface area contributed by atoms with Crippen molar-refractivity contribution in [1.29, 1.82) is 0 Å². The Bertz CT molecular complexity index is 1030. The zero-order valence-electron chi connectivity index (χ0n) is 16.1. The Morgan fingerprint density at radius 1 is 1.25 bits per heavy atom. The number of fused-ring (bicyclic) bond motifs is 1. The zero-order valence-corrected chi connectivity index (χ0v) is 19.5. The van der Waals surface area contributed by atoms with Crippen molar-refractivity contribution in [1.82, 2.24) is 4.57 Å². The number of benzene rings is 2. The standard InChI is InChI=1S/C21H23BrClNO3Si/c1-28(2,3)7-6-27-13-24-11-17(14-4-5-15(12-25)21(26)8-14)16-9-18(22)19(23)10-20(16)24/h4-5,8-12,26H,6-7,13H2,1-3H3. The maximum Gasteiger partial charge on any atom is 0.153 e. The molecule has 0 radical (unpaired) electrons. The lowest BCUT2D eigenvalue weighted by molar-refractivity contribution is 0.0903. The molecule has 1 N–H and O–H groups in total. The molecule has 0 amide bonds. The van der Waals surface area contributed by atoms with Gasteiger partial charge in [0.15, 0.2) is 6.29 Å². The molecule has 0 aliphatic heterocycles. The average Bonchev–Trinajstić information content (AvgIpc) is 2.96. The molecule has 0 atom stereocenters. The molecule has 3 aromatic rings. The maximum atomic E-state index is 11.0. The number of phenols is 1. The van der Waals surface area contributed by atoms with E-state index < -0.39 is 8.07 Å². The Balaban J connectivity index is 2.00. The minimum Gasteiger partial charge on any atom is -0.507 e. The number of aldehydes is 1. The third-order valence-electron chi connectivity index (χ3n) is 4.62. The number of phenolic OH excluding ortho intramolecular Hbond substituents is 1. The van der Waals surface area contributed by atoms with Crippen molar-refractivity contribution in [3.05, 3.63) is 51.6 Å². The summed E-state index contributed by atoms with van der Waals surface area (Å²) in [6.45, 7) is 8.13. The van der Waals surface area contributed by atoms with Crippen molar-refractivity contribution in [2.24, 2.45) is 0 Å². The maximum absolute atomic E-state index is 11.0. The van der Waals surface area contributed by atoms with E-state index in [1.807, 2.05) is 29.0 Å². The van der Waals surface area contributed by atoms with Gasteiger partial charge in [0.25, 0.3) is 0 Å². The highest BCUT2D eigenvalue weighted by molar-refractivity contribution is 9.10. The predicted octanol–water partition coefficient (Wildman–Crippen LogP) is 6.55. The van der Waals surface area contributed by atoms with Gasteiger partial charge in [-0.3, -0.25) is 4.79 Å². The van der Waals surface area contributed by atoms with Crippen LogP contribution in [-0.4, -0.2) is 30.6 Å². The van der Waals surface area contributed by atoms with E-state index in [-0.39, 0.29) is 11.3 Å². The normalized spacial score (nSPS) is 11.9. The lowest BCUT2D eigenvalue weighted by atomic mass is 10.0. The number of ether oxygens (including phenoxy) is 1. The van der Waals surface area contributed by atoms with Gasteiger partial charge >= 0.3 is 0 Å². The first kappa shape index (κ1) is 21.1. The van der Waals surface area contributed by atoms with E-state index in [1.54, 1.807) is 12.1 Å². The molecule has 3 rings (SSSR count). The van der Waals surface area contributed by atoms with Crippen LogP contribution in [0.2, 0.25) is 30.7 Å². The molecule has 7 heteroatoms. The van der Waals surface area contributed by atoms with Crippen molar-refractivity contribution in [2.45, 2.75) is 32.4 Å². The third-order valence-corrected chi connectivity index (χ3v) is 7.52. The van der Waals surface area contributed by atoms with Gasteiger partial charge in [0.05, 0.1) is 16.1 Å². The first-order valence-corrected chi connectivity index (χ1v) is 13.9. The van der Waals surface area contributed by atoms with E-state index in [4.69, 9.17) is 16.3 Å². The Kier molecular flexibility index (Phi) is 6.34. The lowest BCUT2D eigenvalue weighted by Crippen LogP contribution is -2.21. The molecule has 28 heavy (non-hydrogen) atoms. The fourth-order valence-corrected chi connectivity index (χ4v) is 4.23. The Hall–Kier alpha value is -1.60. The Labute approximate surface area is 179 Å². The monoisotopic (exact) mass is 479 g/mol. The van der Waals surface area contributed by atoms with Crippen LogP contribution in [0, 0.1) is 0 Å². The van der Waals surface area contributed by atoms with Gasteiger partial charge in [-0.05, 0) is 51.8 Å². The van der Waals surface area contributed by atoms with Crippen LogP contribution in [0.1, 0.15) is 10.4 Å². The van der Waals surface area contributed by atoms with Crippen LogP contribution in [0.4, 0.5) is 0 Å². The zero-order chi connectivity index (χ0) is 20.5. The molecule has 0 fully saturated rings. The largest absolute Gasteiger partial charge is 0.507 e. The highest BCUT2D eigenvalue weighted by Gasteiger charge is 2.16. The summed E-state index contributed by atoms with van der Waals surface area (Å²) in [6.07, 6.45) is 2.64. The van der Waals surface area contributed by atoms with Gasteiger partial charge in [0, 0.05) is 36.3 Å². The summed E-state index contributed by atoms with van der Waals surface area (Å²) >= 11 is 9.82. The minimum atomic E-state index is -1.15. The van der Waals surface area contributed by atoms with Gasteiger partial charge in [-0.25, -0.2) is 0 Å². The van der Waals surface area contributed by atoms with Crippen LogP contribution in [0.5, 0.6) is 5.75 Å². The molecule has 0 saturated carbocycles. The number of aromatic hydroxyl groups is 1.